The van der Waals surface area contributed by atoms with Crippen LogP contribution in [0.5, 0.6) is 0 Å². The highest BCUT2D eigenvalue weighted by Crippen LogP contribution is 2.16. The van der Waals surface area contributed by atoms with Crippen molar-refractivity contribution in [1.29, 1.82) is 0 Å². The first kappa shape index (κ1) is 24.7. The maximum absolute atomic E-state index is 11.7. The van der Waals surface area contributed by atoms with Crippen LogP contribution in [0.15, 0.2) is 29.3 Å². The van der Waals surface area contributed by atoms with Gasteiger partial charge < -0.3 is 20.9 Å². The molecule has 2 rings (SSSR count). The molecule has 7 heteroatoms. The van der Waals surface area contributed by atoms with Crippen molar-refractivity contribution in [3.8, 4) is 0 Å². The summed E-state index contributed by atoms with van der Waals surface area (Å²) in [7, 11) is 3.46. The fraction of sp³-hybridized carbons (Fsp3) is 0.619. The highest BCUT2D eigenvalue weighted by atomic mass is 127. The number of rotatable bonds is 8. The Morgan fingerprint density at radius 2 is 2.00 bits per heavy atom. The van der Waals surface area contributed by atoms with Gasteiger partial charge in [-0.25, -0.2) is 0 Å². The number of piperidine rings is 1. The third-order valence-corrected chi connectivity index (χ3v) is 5.15. The number of nitrogens with zero attached hydrogens (tertiary/aromatic N) is 2. The number of hydrogen-bond donors (Lipinski definition) is 3. The van der Waals surface area contributed by atoms with Crippen molar-refractivity contribution in [2.24, 2.45) is 10.9 Å². The summed E-state index contributed by atoms with van der Waals surface area (Å²) in [5, 5.41) is 9.51. The lowest BCUT2D eigenvalue weighted by molar-refractivity contribution is 0.0963. The SMILES string of the molecule is CCCN1CCC(CNC(=NC)NCCc2cccc(C(=O)NC)c2)CC1.I. The molecule has 0 bridgehead atoms. The van der Waals surface area contributed by atoms with E-state index in [2.05, 4.69) is 32.8 Å². The second-order valence-corrected chi connectivity index (χ2v) is 7.19. The van der Waals surface area contributed by atoms with E-state index in [0.29, 0.717) is 5.56 Å². The zero-order chi connectivity index (χ0) is 19.5. The van der Waals surface area contributed by atoms with Gasteiger partial charge in [-0.05, 0) is 68.9 Å². The van der Waals surface area contributed by atoms with E-state index in [1.807, 2.05) is 31.3 Å². The lowest BCUT2D eigenvalue weighted by Crippen LogP contribution is -2.43. The molecule has 0 aromatic heterocycles. The third-order valence-electron chi connectivity index (χ3n) is 5.15. The smallest absolute Gasteiger partial charge is 0.251 e. The van der Waals surface area contributed by atoms with Gasteiger partial charge in [-0.2, -0.15) is 0 Å². The number of halogens is 1. The van der Waals surface area contributed by atoms with Crippen LogP contribution in [0.3, 0.4) is 0 Å². The van der Waals surface area contributed by atoms with Crippen LogP contribution in [-0.4, -0.2) is 63.6 Å². The Morgan fingerprint density at radius 1 is 1.25 bits per heavy atom. The molecule has 0 saturated carbocycles. The summed E-state index contributed by atoms with van der Waals surface area (Å²) in [5.74, 6) is 1.53. The Balaban J connectivity index is 0.00000392. The average Bonchev–Trinajstić information content (AvgIpc) is 2.71. The normalized spacial score (nSPS) is 15.6. The highest BCUT2D eigenvalue weighted by molar-refractivity contribution is 14.0. The van der Waals surface area contributed by atoms with Gasteiger partial charge >= 0.3 is 0 Å². The first-order valence-corrected chi connectivity index (χ1v) is 10.1. The molecule has 158 valence electrons. The zero-order valence-electron chi connectivity index (χ0n) is 17.5. The zero-order valence-corrected chi connectivity index (χ0v) is 19.8. The fourth-order valence-corrected chi connectivity index (χ4v) is 3.53. The Morgan fingerprint density at radius 3 is 2.64 bits per heavy atom. The highest BCUT2D eigenvalue weighted by Gasteiger charge is 2.18. The van der Waals surface area contributed by atoms with Crippen LogP contribution in [0.1, 0.15) is 42.1 Å². The van der Waals surface area contributed by atoms with E-state index in [1.165, 1.54) is 38.9 Å². The van der Waals surface area contributed by atoms with Crippen LogP contribution in [0.2, 0.25) is 0 Å². The Labute approximate surface area is 187 Å². The summed E-state index contributed by atoms with van der Waals surface area (Å²) < 4.78 is 0. The molecular formula is C21H36IN5O. The number of hydrogen-bond acceptors (Lipinski definition) is 3. The van der Waals surface area contributed by atoms with Gasteiger partial charge in [0.25, 0.3) is 5.91 Å². The molecule has 0 atom stereocenters. The predicted molar refractivity (Wildman–Crippen MR) is 128 cm³/mol. The van der Waals surface area contributed by atoms with Crippen molar-refractivity contribution in [2.75, 3.05) is 46.8 Å². The Bertz CT molecular complexity index is 615. The molecule has 1 heterocycles. The molecule has 1 aromatic rings. The van der Waals surface area contributed by atoms with Crippen molar-refractivity contribution < 1.29 is 4.79 Å². The molecule has 1 amide bonds. The average molecular weight is 501 g/mol. The quantitative estimate of drug-likeness (QED) is 0.291. The summed E-state index contributed by atoms with van der Waals surface area (Å²) in [5.41, 5.74) is 1.84. The number of carbonyl (C=O) groups is 1. The summed E-state index contributed by atoms with van der Waals surface area (Å²) in [6.45, 7) is 7.67. The first-order valence-electron chi connectivity index (χ1n) is 10.1. The molecule has 1 aliphatic rings. The molecule has 1 aromatic carbocycles. The third kappa shape index (κ3) is 8.34. The fourth-order valence-electron chi connectivity index (χ4n) is 3.53. The largest absolute Gasteiger partial charge is 0.356 e. The maximum Gasteiger partial charge on any atom is 0.251 e. The lowest BCUT2D eigenvalue weighted by Gasteiger charge is -2.32. The molecule has 0 aliphatic carbocycles. The van der Waals surface area contributed by atoms with Gasteiger partial charge in [0.05, 0.1) is 0 Å². The molecule has 0 unspecified atom stereocenters. The van der Waals surface area contributed by atoms with Crippen molar-refractivity contribution in [2.45, 2.75) is 32.6 Å². The molecular weight excluding hydrogens is 465 g/mol. The van der Waals surface area contributed by atoms with E-state index in [4.69, 9.17) is 0 Å². The minimum Gasteiger partial charge on any atom is -0.356 e. The number of aliphatic imine (C=N–C) groups is 1. The van der Waals surface area contributed by atoms with Crippen molar-refractivity contribution >= 4 is 35.8 Å². The molecule has 1 fully saturated rings. The molecule has 28 heavy (non-hydrogen) atoms. The van der Waals surface area contributed by atoms with Crippen LogP contribution < -0.4 is 16.0 Å². The standard InChI is InChI=1S/C21H35N5O.HI/c1-4-12-26-13-9-18(10-14-26)16-25-21(23-3)24-11-8-17-6-5-7-19(15-17)20(27)22-2;/h5-7,15,18H,4,8-14,16H2,1-3H3,(H,22,27)(H2,23,24,25);1H. The van der Waals surface area contributed by atoms with Gasteiger partial charge in [-0.1, -0.05) is 19.1 Å². The van der Waals surface area contributed by atoms with Gasteiger partial charge in [-0.15, -0.1) is 24.0 Å². The number of amides is 1. The molecule has 0 radical (unpaired) electrons. The van der Waals surface area contributed by atoms with Crippen LogP contribution in [-0.2, 0) is 6.42 Å². The summed E-state index contributed by atoms with van der Waals surface area (Å²) >= 11 is 0. The van der Waals surface area contributed by atoms with Crippen LogP contribution in [0, 0.1) is 5.92 Å². The monoisotopic (exact) mass is 501 g/mol. The van der Waals surface area contributed by atoms with Crippen molar-refractivity contribution in [3.63, 3.8) is 0 Å². The minimum atomic E-state index is -0.0488. The van der Waals surface area contributed by atoms with E-state index in [1.54, 1.807) is 7.05 Å². The summed E-state index contributed by atoms with van der Waals surface area (Å²) in [4.78, 5) is 18.6. The molecule has 6 nitrogen and oxygen atoms in total. The molecule has 1 saturated heterocycles. The Hall–Kier alpha value is -1.35. The van der Waals surface area contributed by atoms with E-state index >= 15 is 0 Å². The van der Waals surface area contributed by atoms with Crippen molar-refractivity contribution in [3.05, 3.63) is 35.4 Å². The minimum absolute atomic E-state index is 0. The van der Waals surface area contributed by atoms with Crippen molar-refractivity contribution in [1.82, 2.24) is 20.9 Å². The first-order chi connectivity index (χ1) is 13.2. The van der Waals surface area contributed by atoms with E-state index < -0.39 is 0 Å². The van der Waals surface area contributed by atoms with Crippen LogP contribution >= 0.6 is 24.0 Å². The molecule has 1 aliphatic heterocycles. The van der Waals surface area contributed by atoms with Crippen LogP contribution in [0.25, 0.3) is 0 Å². The van der Waals surface area contributed by atoms with Gasteiger partial charge in [0, 0.05) is 32.7 Å². The number of likely N-dealkylation sites (tertiary alicyclic amines) is 1. The van der Waals surface area contributed by atoms with E-state index in [0.717, 1.165) is 37.0 Å². The summed E-state index contributed by atoms with van der Waals surface area (Å²) in [6.07, 6.45) is 4.61. The number of benzene rings is 1. The molecule has 0 spiro atoms. The number of nitrogens with one attached hydrogen (secondary N) is 3. The number of guanidine groups is 1. The number of carbonyl (C=O) groups excluding carboxylic acids is 1. The molecule has 3 N–H and O–H groups in total. The van der Waals surface area contributed by atoms with E-state index in [9.17, 15) is 4.79 Å². The Kier molecular flexibility index (Phi) is 12.1. The van der Waals surface area contributed by atoms with E-state index in [-0.39, 0.29) is 29.9 Å². The van der Waals surface area contributed by atoms with Gasteiger partial charge in [0.2, 0.25) is 0 Å². The second-order valence-electron chi connectivity index (χ2n) is 7.19. The maximum atomic E-state index is 11.7. The topological polar surface area (TPSA) is 68.8 Å². The predicted octanol–water partition coefficient (Wildman–Crippen LogP) is 2.49. The summed E-state index contributed by atoms with van der Waals surface area (Å²) in [6, 6.07) is 7.76. The lowest BCUT2D eigenvalue weighted by atomic mass is 9.97. The van der Waals surface area contributed by atoms with Gasteiger partial charge in [0.1, 0.15) is 0 Å². The van der Waals surface area contributed by atoms with Crippen LogP contribution in [0.4, 0.5) is 0 Å². The van der Waals surface area contributed by atoms with Gasteiger partial charge in [-0.3, -0.25) is 9.79 Å². The second kappa shape index (κ2) is 13.8. The van der Waals surface area contributed by atoms with Gasteiger partial charge in [0.15, 0.2) is 5.96 Å².